The van der Waals surface area contributed by atoms with E-state index in [1.54, 1.807) is 18.2 Å². The molecule has 1 heterocycles. The van der Waals surface area contributed by atoms with E-state index in [1.165, 1.54) is 11.6 Å². The van der Waals surface area contributed by atoms with E-state index in [1.807, 2.05) is 30.3 Å². The number of carbonyl (C=O) groups excluding carboxylic acids is 1. The highest BCUT2D eigenvalue weighted by molar-refractivity contribution is 6.01. The van der Waals surface area contributed by atoms with Gasteiger partial charge in [-0.15, -0.1) is 0 Å². The fraction of sp³-hybridized carbons (Fsp3) is 0.304. The summed E-state index contributed by atoms with van der Waals surface area (Å²) in [5.74, 6) is 0.442. The van der Waals surface area contributed by atoms with Crippen molar-refractivity contribution in [1.29, 1.82) is 5.26 Å². The molecule has 1 fully saturated rings. The van der Waals surface area contributed by atoms with Gasteiger partial charge in [-0.2, -0.15) is 5.26 Å². The van der Waals surface area contributed by atoms with Crippen LogP contribution in [0.15, 0.2) is 54.6 Å². The molecule has 2 aromatic carbocycles. The average molecular weight is 391 g/mol. The van der Waals surface area contributed by atoms with Crippen LogP contribution in [0.3, 0.4) is 0 Å². The van der Waals surface area contributed by atoms with E-state index in [4.69, 9.17) is 14.7 Å². The predicted molar refractivity (Wildman–Crippen MR) is 113 cm³/mol. The Morgan fingerprint density at radius 1 is 1.14 bits per heavy atom. The number of nitriles is 1. The highest BCUT2D eigenvalue weighted by atomic mass is 16.5. The second-order valence-electron chi connectivity index (χ2n) is 6.74. The van der Waals surface area contributed by atoms with Crippen LogP contribution in [0.2, 0.25) is 0 Å². The number of morpholine rings is 1. The maximum atomic E-state index is 12.1. The summed E-state index contributed by atoms with van der Waals surface area (Å²) < 4.78 is 10.6. The van der Waals surface area contributed by atoms with E-state index in [2.05, 4.69) is 22.3 Å². The molecule has 6 heteroatoms. The first-order valence-corrected chi connectivity index (χ1v) is 9.71. The van der Waals surface area contributed by atoms with Crippen molar-refractivity contribution < 1.29 is 14.3 Å². The molecule has 150 valence electrons. The van der Waals surface area contributed by atoms with Crippen molar-refractivity contribution in [2.75, 3.05) is 44.8 Å². The summed E-state index contributed by atoms with van der Waals surface area (Å²) in [6.45, 7) is 4.67. The van der Waals surface area contributed by atoms with Crippen LogP contribution in [0, 0.1) is 11.3 Å². The maximum Gasteiger partial charge on any atom is 0.248 e. The van der Waals surface area contributed by atoms with Crippen LogP contribution in [0.4, 0.5) is 5.69 Å². The molecule has 0 bridgehead atoms. The van der Waals surface area contributed by atoms with Gasteiger partial charge in [-0.3, -0.25) is 9.69 Å². The number of anilines is 1. The minimum atomic E-state index is -0.184. The highest BCUT2D eigenvalue weighted by Gasteiger charge is 2.09. The molecule has 1 amide bonds. The molecule has 1 saturated heterocycles. The first-order chi connectivity index (χ1) is 14.2. The van der Waals surface area contributed by atoms with Crippen LogP contribution in [-0.2, 0) is 16.0 Å². The molecule has 0 atom stereocenters. The fourth-order valence-corrected chi connectivity index (χ4v) is 3.01. The number of nitrogens with one attached hydrogen (secondary N) is 1. The number of benzene rings is 2. The van der Waals surface area contributed by atoms with Crippen LogP contribution < -0.4 is 10.1 Å². The lowest BCUT2D eigenvalue weighted by atomic mass is 10.1. The Hall–Kier alpha value is -3.14. The van der Waals surface area contributed by atoms with Crippen molar-refractivity contribution in [2.24, 2.45) is 0 Å². The normalized spacial score (nSPS) is 14.4. The Morgan fingerprint density at radius 2 is 1.86 bits per heavy atom. The van der Waals surface area contributed by atoms with Gasteiger partial charge >= 0.3 is 0 Å². The van der Waals surface area contributed by atoms with Gasteiger partial charge in [0.15, 0.2) is 6.61 Å². The predicted octanol–water partition coefficient (Wildman–Crippen LogP) is 3.12. The van der Waals surface area contributed by atoms with Gasteiger partial charge in [0, 0.05) is 31.4 Å². The molecule has 0 spiro atoms. The summed E-state index contributed by atoms with van der Waals surface area (Å²) >= 11 is 0. The lowest BCUT2D eigenvalue weighted by molar-refractivity contribution is -0.111. The quantitative estimate of drug-likeness (QED) is 0.700. The molecule has 1 aliphatic rings. The summed E-state index contributed by atoms with van der Waals surface area (Å²) in [7, 11) is 0. The third-order valence-corrected chi connectivity index (χ3v) is 4.65. The molecule has 0 saturated carbocycles. The van der Waals surface area contributed by atoms with E-state index in [0.29, 0.717) is 5.75 Å². The summed E-state index contributed by atoms with van der Waals surface area (Å²) in [5.41, 5.74) is 2.90. The highest BCUT2D eigenvalue weighted by Crippen LogP contribution is 2.14. The van der Waals surface area contributed by atoms with Crippen LogP contribution in [0.1, 0.15) is 11.1 Å². The minimum Gasteiger partial charge on any atom is -0.479 e. The zero-order chi connectivity index (χ0) is 20.3. The van der Waals surface area contributed by atoms with Crippen LogP contribution in [-0.4, -0.2) is 50.3 Å². The summed E-state index contributed by atoms with van der Waals surface area (Å²) in [6, 6.07) is 17.1. The minimum absolute atomic E-state index is 0.0175. The zero-order valence-corrected chi connectivity index (χ0v) is 16.3. The molecule has 29 heavy (non-hydrogen) atoms. The Labute approximate surface area is 171 Å². The third kappa shape index (κ3) is 7.07. The second kappa shape index (κ2) is 11.0. The molecule has 3 rings (SSSR count). The number of hydrogen-bond donors (Lipinski definition) is 1. The number of nitrogens with zero attached hydrogens (tertiary/aromatic N) is 2. The van der Waals surface area contributed by atoms with Gasteiger partial charge in [0.2, 0.25) is 5.91 Å². The third-order valence-electron chi connectivity index (χ3n) is 4.65. The van der Waals surface area contributed by atoms with Crippen molar-refractivity contribution in [3.8, 4) is 11.8 Å². The number of rotatable bonds is 8. The average Bonchev–Trinajstić information content (AvgIpc) is 2.77. The van der Waals surface area contributed by atoms with Crippen molar-refractivity contribution >= 4 is 17.7 Å². The van der Waals surface area contributed by atoms with E-state index in [9.17, 15) is 4.79 Å². The summed E-state index contributed by atoms with van der Waals surface area (Å²) in [5, 5.41) is 11.4. The Kier molecular flexibility index (Phi) is 7.81. The van der Waals surface area contributed by atoms with Gasteiger partial charge < -0.3 is 14.8 Å². The largest absolute Gasteiger partial charge is 0.479 e. The molecule has 0 radical (unpaired) electrons. The zero-order valence-electron chi connectivity index (χ0n) is 16.3. The Morgan fingerprint density at radius 3 is 2.55 bits per heavy atom. The monoisotopic (exact) mass is 391 g/mol. The van der Waals surface area contributed by atoms with Crippen LogP contribution in [0.5, 0.6) is 5.75 Å². The molecule has 1 aliphatic heterocycles. The van der Waals surface area contributed by atoms with Gasteiger partial charge in [0.25, 0.3) is 0 Å². The van der Waals surface area contributed by atoms with Gasteiger partial charge in [-0.05, 0) is 47.9 Å². The molecule has 0 aliphatic carbocycles. The fourth-order valence-electron chi connectivity index (χ4n) is 3.01. The molecule has 0 aromatic heterocycles. The van der Waals surface area contributed by atoms with E-state index in [-0.39, 0.29) is 12.5 Å². The lowest BCUT2D eigenvalue weighted by Gasteiger charge is -2.26. The number of carbonyl (C=O) groups is 1. The molecular weight excluding hydrogens is 366 g/mol. The number of amides is 1. The van der Waals surface area contributed by atoms with Gasteiger partial charge in [-0.25, -0.2) is 0 Å². The van der Waals surface area contributed by atoms with Crippen molar-refractivity contribution in [1.82, 2.24) is 4.90 Å². The number of hydrogen-bond acceptors (Lipinski definition) is 5. The molecule has 1 N–H and O–H groups in total. The lowest BCUT2D eigenvalue weighted by Crippen LogP contribution is -2.37. The number of ether oxygens (including phenoxy) is 2. The Bertz CT molecular complexity index is 848. The molecule has 6 nitrogen and oxygen atoms in total. The first kappa shape index (κ1) is 20.6. The molecule has 2 aromatic rings. The second-order valence-corrected chi connectivity index (χ2v) is 6.74. The van der Waals surface area contributed by atoms with Crippen molar-refractivity contribution in [3.63, 3.8) is 0 Å². The van der Waals surface area contributed by atoms with E-state index >= 15 is 0 Å². The van der Waals surface area contributed by atoms with E-state index in [0.717, 1.165) is 50.5 Å². The molecule has 0 unspecified atom stereocenters. The van der Waals surface area contributed by atoms with Crippen molar-refractivity contribution in [3.05, 3.63) is 65.7 Å². The molecular formula is C23H25N3O3. The maximum absolute atomic E-state index is 12.1. The van der Waals surface area contributed by atoms with Gasteiger partial charge in [0.05, 0.1) is 13.2 Å². The SMILES string of the molecule is N#CCOc1ccc(/C=C/C(=O)Nc2ccc(CCN3CCOCC3)cc2)cc1. The van der Waals surface area contributed by atoms with Crippen LogP contribution >= 0.6 is 0 Å². The van der Waals surface area contributed by atoms with Gasteiger partial charge in [0.1, 0.15) is 11.8 Å². The Balaban J connectivity index is 1.44. The van der Waals surface area contributed by atoms with Gasteiger partial charge in [-0.1, -0.05) is 24.3 Å². The van der Waals surface area contributed by atoms with Crippen LogP contribution in [0.25, 0.3) is 6.08 Å². The summed E-state index contributed by atoms with van der Waals surface area (Å²) in [4.78, 5) is 14.5. The smallest absolute Gasteiger partial charge is 0.248 e. The van der Waals surface area contributed by atoms with Crippen molar-refractivity contribution in [2.45, 2.75) is 6.42 Å². The van der Waals surface area contributed by atoms with E-state index < -0.39 is 0 Å². The first-order valence-electron chi connectivity index (χ1n) is 9.71. The summed E-state index contributed by atoms with van der Waals surface area (Å²) in [6.07, 6.45) is 4.22. The topological polar surface area (TPSA) is 74.6 Å². The standard InChI is InChI=1S/C23H25N3O3/c24-12-16-29-22-8-3-19(4-9-22)5-10-23(27)25-21-6-1-20(2-7-21)11-13-26-14-17-28-18-15-26/h1-10H,11,13-18H2,(H,25,27)/b10-5+.